The van der Waals surface area contributed by atoms with E-state index in [0.29, 0.717) is 46.3 Å². The molecule has 0 radical (unpaired) electrons. The largest absolute Gasteiger partial charge is 0.481 e. The van der Waals surface area contributed by atoms with Crippen LogP contribution in [0.25, 0.3) is 11.3 Å². The van der Waals surface area contributed by atoms with Crippen LogP contribution in [0.3, 0.4) is 0 Å². The molecular weight excluding hydrogens is 511 g/mol. The van der Waals surface area contributed by atoms with Crippen LogP contribution in [-0.4, -0.2) is 76.4 Å². The molecule has 5 N–H and O–H groups in total. The third-order valence-corrected chi connectivity index (χ3v) is 6.67. The summed E-state index contributed by atoms with van der Waals surface area (Å²) in [5.41, 5.74) is 9.63. The second-order valence-corrected chi connectivity index (χ2v) is 9.18. The number of methoxy groups -OCH3 is 2. The van der Waals surface area contributed by atoms with Crippen LogP contribution in [0.1, 0.15) is 28.6 Å². The van der Waals surface area contributed by atoms with E-state index in [-0.39, 0.29) is 12.6 Å². The Morgan fingerprint density at radius 3 is 2.72 bits per heavy atom. The van der Waals surface area contributed by atoms with Gasteiger partial charge in [0, 0.05) is 25.2 Å². The summed E-state index contributed by atoms with van der Waals surface area (Å²) < 4.78 is 30.2. The van der Waals surface area contributed by atoms with Gasteiger partial charge in [0.25, 0.3) is 0 Å². The zero-order valence-corrected chi connectivity index (χ0v) is 21.5. The normalized spacial score (nSPS) is 25.3. The molecule has 0 saturated carbocycles. The number of ether oxygens (including phenoxy) is 3. The molecule has 4 heterocycles. The minimum absolute atomic E-state index is 0.114. The number of hydrogen-bond donors (Lipinski definition) is 4. The van der Waals surface area contributed by atoms with Crippen molar-refractivity contribution < 1.29 is 33.7 Å². The maximum atomic E-state index is 14.4. The van der Waals surface area contributed by atoms with Gasteiger partial charge in [0.15, 0.2) is 12.1 Å². The van der Waals surface area contributed by atoms with Crippen LogP contribution in [0.4, 0.5) is 10.3 Å². The number of nitrogens with zero attached hydrogens (tertiary/aromatic N) is 4. The summed E-state index contributed by atoms with van der Waals surface area (Å²) >= 11 is 0. The van der Waals surface area contributed by atoms with Crippen molar-refractivity contribution >= 4 is 11.8 Å². The molecule has 0 amide bonds. The number of aryl methyl sites for hydroxylation is 1. The summed E-state index contributed by atoms with van der Waals surface area (Å²) in [7, 11) is 2.88. The molecule has 0 spiro atoms. The third-order valence-electron chi connectivity index (χ3n) is 6.67. The standard InChI is InChI=1S/C26H29FN6O6/c1-12-21-18(32-26(28)29-12)10-17(31-24(21)33-38-11-19-22(34)23(35)25(37-3)39-19)14-8-7-13(27)9-15(14)16-5-4-6-20(30-16)36-2/h4-9,17,19,22-23,25,34-35H,10-11H2,1-3H3,(H,31,33)(H2,28,29,32)/t17?,19-,22-,23-,25?/m1/s1. The first-order chi connectivity index (χ1) is 18.8. The van der Waals surface area contributed by atoms with Gasteiger partial charge in [-0.2, -0.15) is 0 Å². The molecule has 5 rings (SSSR count). The van der Waals surface area contributed by atoms with E-state index in [4.69, 9.17) is 24.8 Å². The summed E-state index contributed by atoms with van der Waals surface area (Å²) in [5, 5.41) is 27.9. The zero-order valence-electron chi connectivity index (χ0n) is 21.5. The molecule has 1 fully saturated rings. The number of oxime groups is 1. The Balaban J connectivity index is 1.48. The Labute approximate surface area is 223 Å². The molecule has 12 nitrogen and oxygen atoms in total. The van der Waals surface area contributed by atoms with Gasteiger partial charge in [-0.05, 0) is 30.7 Å². The van der Waals surface area contributed by atoms with Crippen molar-refractivity contribution in [1.29, 1.82) is 0 Å². The summed E-state index contributed by atoms with van der Waals surface area (Å²) in [6.45, 7) is 1.62. The van der Waals surface area contributed by atoms with Crippen LogP contribution in [0.5, 0.6) is 5.88 Å². The van der Waals surface area contributed by atoms with Gasteiger partial charge in [-0.3, -0.25) is 0 Å². The molecule has 2 aliphatic rings. The van der Waals surface area contributed by atoms with E-state index in [1.54, 1.807) is 31.2 Å². The highest BCUT2D eigenvalue weighted by Gasteiger charge is 2.43. The van der Waals surface area contributed by atoms with Crippen molar-refractivity contribution in [3.8, 4) is 17.1 Å². The number of anilines is 1. The second kappa shape index (κ2) is 11.1. The molecule has 5 atom stereocenters. The molecule has 1 aromatic carbocycles. The van der Waals surface area contributed by atoms with Crippen molar-refractivity contribution in [2.45, 2.75) is 44.0 Å². The molecule has 0 aliphatic carbocycles. The number of halogens is 1. The van der Waals surface area contributed by atoms with Crippen molar-refractivity contribution in [2.24, 2.45) is 5.16 Å². The van der Waals surface area contributed by atoms with E-state index in [1.165, 1.54) is 26.4 Å². The molecule has 3 aromatic rings. The van der Waals surface area contributed by atoms with Crippen molar-refractivity contribution in [3.63, 3.8) is 0 Å². The number of rotatable bonds is 7. The maximum Gasteiger partial charge on any atom is 0.220 e. The summed E-state index contributed by atoms with van der Waals surface area (Å²) in [4.78, 5) is 18.7. The maximum absolute atomic E-state index is 14.4. The Morgan fingerprint density at radius 1 is 1.15 bits per heavy atom. The van der Waals surface area contributed by atoms with Crippen LogP contribution < -0.4 is 15.8 Å². The fourth-order valence-corrected chi connectivity index (χ4v) is 4.81. The number of aliphatic hydroxyl groups is 2. The first-order valence-electron chi connectivity index (χ1n) is 12.2. The van der Waals surface area contributed by atoms with Crippen molar-refractivity contribution in [1.82, 2.24) is 20.3 Å². The average molecular weight is 541 g/mol. The second-order valence-electron chi connectivity index (χ2n) is 9.18. The molecule has 1 saturated heterocycles. The molecule has 0 bridgehead atoms. The van der Waals surface area contributed by atoms with Crippen LogP contribution in [0.2, 0.25) is 0 Å². The Hall–Kier alpha value is -3.91. The quantitative estimate of drug-likeness (QED) is 0.318. The monoisotopic (exact) mass is 540 g/mol. The number of hydrogen-bond acceptors (Lipinski definition) is 11. The van der Waals surface area contributed by atoms with Crippen molar-refractivity contribution in [3.05, 3.63) is 64.7 Å². The van der Waals surface area contributed by atoms with E-state index < -0.39 is 36.5 Å². The van der Waals surface area contributed by atoms with E-state index in [1.807, 2.05) is 0 Å². The van der Waals surface area contributed by atoms with Crippen molar-refractivity contribution in [2.75, 3.05) is 26.6 Å². The zero-order chi connectivity index (χ0) is 27.7. The predicted molar refractivity (Wildman–Crippen MR) is 137 cm³/mol. The Morgan fingerprint density at radius 2 is 1.97 bits per heavy atom. The van der Waals surface area contributed by atoms with E-state index in [2.05, 4.69) is 25.4 Å². The minimum atomic E-state index is -1.21. The lowest BCUT2D eigenvalue weighted by Gasteiger charge is -2.29. The number of aliphatic hydroxyl groups excluding tert-OH is 2. The van der Waals surface area contributed by atoms with Crippen LogP contribution in [-0.2, 0) is 20.7 Å². The number of pyridine rings is 1. The van der Waals surface area contributed by atoms with Gasteiger partial charge in [-0.1, -0.05) is 17.3 Å². The number of nitrogen functional groups attached to an aromatic ring is 1. The highest BCUT2D eigenvalue weighted by molar-refractivity contribution is 6.01. The van der Waals surface area contributed by atoms with Gasteiger partial charge >= 0.3 is 0 Å². The van der Waals surface area contributed by atoms with Crippen LogP contribution in [0.15, 0.2) is 41.6 Å². The summed E-state index contributed by atoms with van der Waals surface area (Å²) in [5.74, 6) is 0.418. The topological polar surface area (TPSA) is 166 Å². The fraction of sp³-hybridized carbons (Fsp3) is 0.385. The van der Waals surface area contributed by atoms with E-state index in [9.17, 15) is 14.6 Å². The molecule has 39 heavy (non-hydrogen) atoms. The van der Waals surface area contributed by atoms with Crippen LogP contribution in [0, 0.1) is 12.7 Å². The highest BCUT2D eigenvalue weighted by atomic mass is 19.1. The smallest absolute Gasteiger partial charge is 0.220 e. The van der Waals surface area contributed by atoms with E-state index >= 15 is 0 Å². The minimum Gasteiger partial charge on any atom is -0.481 e. The number of benzene rings is 1. The number of aromatic nitrogens is 3. The van der Waals surface area contributed by atoms with Gasteiger partial charge in [0.2, 0.25) is 11.8 Å². The van der Waals surface area contributed by atoms with Gasteiger partial charge < -0.3 is 40.3 Å². The molecule has 2 aromatic heterocycles. The molecule has 2 aliphatic heterocycles. The summed E-state index contributed by atoms with van der Waals surface area (Å²) in [6.07, 6.45) is -3.86. The lowest BCUT2D eigenvalue weighted by molar-refractivity contribution is -0.156. The van der Waals surface area contributed by atoms with Gasteiger partial charge in [0.05, 0.1) is 35.8 Å². The lowest BCUT2D eigenvalue weighted by atomic mass is 9.90. The highest BCUT2D eigenvalue weighted by Crippen LogP contribution is 2.34. The molecular formula is C26H29FN6O6. The Kier molecular flexibility index (Phi) is 7.57. The fourth-order valence-electron chi connectivity index (χ4n) is 4.81. The van der Waals surface area contributed by atoms with Gasteiger partial charge in [-0.15, -0.1) is 0 Å². The van der Waals surface area contributed by atoms with Crippen LogP contribution >= 0.6 is 0 Å². The van der Waals surface area contributed by atoms with E-state index in [0.717, 1.165) is 5.56 Å². The number of amidine groups is 1. The molecule has 206 valence electrons. The third kappa shape index (κ3) is 5.34. The number of nitrogens with two attached hydrogens (primary N) is 1. The van der Waals surface area contributed by atoms with Gasteiger partial charge in [-0.25, -0.2) is 19.3 Å². The predicted octanol–water partition coefficient (Wildman–Crippen LogP) is 1.24. The molecule has 13 heteroatoms. The first-order valence-corrected chi connectivity index (χ1v) is 12.2. The average Bonchev–Trinajstić information content (AvgIpc) is 3.20. The van der Waals surface area contributed by atoms with Gasteiger partial charge in [0.1, 0.15) is 30.7 Å². The number of nitrogens with one attached hydrogen (secondary N) is 1. The number of fused-ring (bicyclic) bond motifs is 1. The Bertz CT molecular complexity index is 1390. The lowest BCUT2D eigenvalue weighted by Crippen LogP contribution is -2.38. The molecule has 2 unspecified atom stereocenters. The first kappa shape index (κ1) is 26.7. The summed E-state index contributed by atoms with van der Waals surface area (Å²) in [6, 6.07) is 9.32. The SMILES string of the molecule is COc1cccc(-c2cc(F)ccc2C2Cc3nc(N)nc(C)c3C(=NOC[C@H]3OC(OC)[C@H](O)[C@@H]3O)N2)n1.